The van der Waals surface area contributed by atoms with Crippen LogP contribution in [-0.4, -0.2) is 12.9 Å². The van der Waals surface area contributed by atoms with Crippen molar-refractivity contribution in [2.45, 2.75) is 0 Å². The fraction of sp³-hybridized carbons (Fsp3) is 0.0714. The highest BCUT2D eigenvalue weighted by Gasteiger charge is 2.17. The second-order valence-electron chi connectivity index (χ2n) is 3.92. The number of rotatable bonds is 3. The summed E-state index contributed by atoms with van der Waals surface area (Å²) in [6.45, 7) is 0. The van der Waals surface area contributed by atoms with E-state index in [1.54, 1.807) is 18.2 Å². The Labute approximate surface area is 118 Å². The van der Waals surface area contributed by atoms with Crippen molar-refractivity contribution in [3.63, 3.8) is 0 Å². The smallest absolute Gasteiger partial charge is 0.196 e. The molecule has 0 saturated heterocycles. The Morgan fingerprint density at radius 2 is 2.05 bits per heavy atom. The van der Waals surface area contributed by atoms with Gasteiger partial charge in [0, 0.05) is 15.7 Å². The summed E-state index contributed by atoms with van der Waals surface area (Å²) in [6.07, 6.45) is 0. The molecule has 0 bridgehead atoms. The molecule has 2 rings (SSSR count). The molecule has 3 nitrogen and oxygen atoms in total. The summed E-state index contributed by atoms with van der Waals surface area (Å²) in [6, 6.07) is 9.21. The van der Waals surface area contributed by atoms with E-state index in [4.69, 9.17) is 10.5 Å². The number of benzene rings is 2. The van der Waals surface area contributed by atoms with Crippen molar-refractivity contribution in [2.24, 2.45) is 0 Å². The summed E-state index contributed by atoms with van der Waals surface area (Å²) in [5.74, 6) is -1.08. The lowest BCUT2D eigenvalue weighted by atomic mass is 10.0. The zero-order valence-corrected chi connectivity index (χ0v) is 11.7. The van der Waals surface area contributed by atoms with Crippen molar-refractivity contribution in [2.75, 3.05) is 12.8 Å². The molecular formula is C14H11BrFNO2. The van der Waals surface area contributed by atoms with Gasteiger partial charge in [0.25, 0.3) is 0 Å². The molecule has 0 aliphatic carbocycles. The highest BCUT2D eigenvalue weighted by Crippen LogP contribution is 2.24. The molecule has 0 aromatic heterocycles. The van der Waals surface area contributed by atoms with Gasteiger partial charge in [-0.1, -0.05) is 22.0 Å². The standard InChI is InChI=1S/C14H11BrFNO2/c1-19-12-4-2-3-11(13(12)16)14(18)8-5-9(15)7-10(17)6-8/h2-7H,17H2,1H3. The molecule has 0 unspecified atom stereocenters. The minimum atomic E-state index is -0.673. The van der Waals surface area contributed by atoms with E-state index in [0.717, 1.165) is 0 Å². The zero-order chi connectivity index (χ0) is 14.0. The van der Waals surface area contributed by atoms with Crippen LogP contribution in [0, 0.1) is 5.82 Å². The summed E-state index contributed by atoms with van der Waals surface area (Å²) in [4.78, 5) is 12.3. The van der Waals surface area contributed by atoms with Crippen molar-refractivity contribution in [1.29, 1.82) is 0 Å². The third kappa shape index (κ3) is 2.76. The van der Waals surface area contributed by atoms with E-state index in [-0.39, 0.29) is 11.3 Å². The Morgan fingerprint density at radius 3 is 2.68 bits per heavy atom. The molecule has 0 aliphatic rings. The number of anilines is 1. The fourth-order valence-electron chi connectivity index (χ4n) is 1.74. The number of nitrogens with two attached hydrogens (primary N) is 1. The van der Waals surface area contributed by atoms with E-state index >= 15 is 0 Å². The van der Waals surface area contributed by atoms with Crippen LogP contribution in [0.1, 0.15) is 15.9 Å². The average Bonchev–Trinajstić information content (AvgIpc) is 2.37. The number of hydrogen-bond acceptors (Lipinski definition) is 3. The zero-order valence-electron chi connectivity index (χ0n) is 10.1. The summed E-state index contributed by atoms with van der Waals surface area (Å²) < 4.78 is 19.5. The highest BCUT2D eigenvalue weighted by molar-refractivity contribution is 9.10. The molecule has 0 radical (unpaired) electrons. The second kappa shape index (κ2) is 5.40. The Hall–Kier alpha value is -1.88. The molecule has 0 atom stereocenters. The normalized spacial score (nSPS) is 10.3. The van der Waals surface area contributed by atoms with Crippen molar-refractivity contribution >= 4 is 27.4 Å². The minimum Gasteiger partial charge on any atom is -0.494 e. The van der Waals surface area contributed by atoms with Crippen LogP contribution < -0.4 is 10.5 Å². The van der Waals surface area contributed by atoms with Gasteiger partial charge in [0.05, 0.1) is 12.7 Å². The predicted octanol–water partition coefficient (Wildman–Crippen LogP) is 3.41. The Bertz CT molecular complexity index is 623. The molecule has 2 aromatic carbocycles. The Morgan fingerprint density at radius 1 is 1.32 bits per heavy atom. The number of carbonyl (C=O) groups is 1. The predicted molar refractivity (Wildman–Crippen MR) is 74.9 cm³/mol. The van der Waals surface area contributed by atoms with Gasteiger partial charge in [-0.25, -0.2) is 4.39 Å². The Kier molecular flexibility index (Phi) is 3.85. The molecule has 0 saturated carbocycles. The van der Waals surface area contributed by atoms with Crippen LogP contribution in [0.25, 0.3) is 0 Å². The average molecular weight is 324 g/mol. The molecule has 5 heteroatoms. The van der Waals surface area contributed by atoms with E-state index in [1.165, 1.54) is 25.3 Å². The molecule has 0 heterocycles. The van der Waals surface area contributed by atoms with Gasteiger partial charge >= 0.3 is 0 Å². The number of ether oxygens (including phenoxy) is 1. The van der Waals surface area contributed by atoms with E-state index in [1.807, 2.05) is 0 Å². The van der Waals surface area contributed by atoms with Crippen LogP contribution in [0.3, 0.4) is 0 Å². The maximum absolute atomic E-state index is 14.0. The third-order valence-electron chi connectivity index (χ3n) is 2.61. The first-order chi connectivity index (χ1) is 9.02. The summed E-state index contributed by atoms with van der Waals surface area (Å²) >= 11 is 3.25. The minimum absolute atomic E-state index is 0.0359. The van der Waals surface area contributed by atoms with Gasteiger partial charge in [0.2, 0.25) is 0 Å². The number of ketones is 1. The van der Waals surface area contributed by atoms with Crippen LogP contribution in [0.5, 0.6) is 5.75 Å². The first kappa shape index (κ1) is 13.5. The van der Waals surface area contributed by atoms with Crippen molar-refractivity contribution in [3.05, 3.63) is 57.8 Å². The lowest BCUT2D eigenvalue weighted by Gasteiger charge is -2.07. The second-order valence-corrected chi connectivity index (χ2v) is 4.84. The maximum atomic E-state index is 14.0. The topological polar surface area (TPSA) is 52.3 Å². The van der Waals surface area contributed by atoms with Gasteiger partial charge in [-0.2, -0.15) is 0 Å². The van der Waals surface area contributed by atoms with Crippen molar-refractivity contribution in [3.8, 4) is 5.75 Å². The van der Waals surface area contributed by atoms with Gasteiger partial charge in [-0.05, 0) is 30.3 Å². The van der Waals surface area contributed by atoms with Gasteiger partial charge in [-0.15, -0.1) is 0 Å². The number of methoxy groups -OCH3 is 1. The van der Waals surface area contributed by atoms with E-state index in [0.29, 0.717) is 15.7 Å². The molecule has 2 aromatic rings. The quantitative estimate of drug-likeness (QED) is 0.695. The van der Waals surface area contributed by atoms with E-state index in [2.05, 4.69) is 15.9 Å². The number of halogens is 2. The summed E-state index contributed by atoms with van der Waals surface area (Å²) in [5, 5.41) is 0. The van der Waals surface area contributed by atoms with Gasteiger partial charge in [-0.3, -0.25) is 4.79 Å². The molecule has 0 fully saturated rings. The van der Waals surface area contributed by atoms with Crippen LogP contribution >= 0.6 is 15.9 Å². The van der Waals surface area contributed by atoms with Crippen LogP contribution in [0.15, 0.2) is 40.9 Å². The molecule has 0 aliphatic heterocycles. The lowest BCUT2D eigenvalue weighted by molar-refractivity contribution is 0.103. The summed E-state index contributed by atoms with van der Waals surface area (Å²) in [5.41, 5.74) is 6.37. The van der Waals surface area contributed by atoms with Crippen molar-refractivity contribution < 1.29 is 13.9 Å². The Balaban J connectivity index is 2.50. The molecule has 0 spiro atoms. The van der Waals surface area contributed by atoms with Crippen molar-refractivity contribution in [1.82, 2.24) is 0 Å². The molecule has 2 N–H and O–H groups in total. The molecule has 0 amide bonds. The van der Waals surface area contributed by atoms with Crippen LogP contribution in [0.2, 0.25) is 0 Å². The SMILES string of the molecule is COc1cccc(C(=O)c2cc(N)cc(Br)c2)c1F. The van der Waals surface area contributed by atoms with Gasteiger partial charge < -0.3 is 10.5 Å². The van der Waals surface area contributed by atoms with Crippen LogP contribution in [0.4, 0.5) is 10.1 Å². The summed E-state index contributed by atoms with van der Waals surface area (Å²) in [7, 11) is 1.35. The monoisotopic (exact) mass is 323 g/mol. The fourth-order valence-corrected chi connectivity index (χ4v) is 2.25. The highest BCUT2D eigenvalue weighted by atomic mass is 79.9. The molecular weight excluding hydrogens is 313 g/mol. The lowest BCUT2D eigenvalue weighted by Crippen LogP contribution is -2.06. The van der Waals surface area contributed by atoms with Crippen LogP contribution in [-0.2, 0) is 0 Å². The number of hydrogen-bond donors (Lipinski definition) is 1. The third-order valence-corrected chi connectivity index (χ3v) is 3.07. The molecule has 19 heavy (non-hydrogen) atoms. The first-order valence-electron chi connectivity index (χ1n) is 5.46. The number of nitrogen functional groups attached to an aromatic ring is 1. The first-order valence-corrected chi connectivity index (χ1v) is 6.25. The number of carbonyl (C=O) groups excluding carboxylic acids is 1. The van der Waals surface area contributed by atoms with Gasteiger partial charge in [0.15, 0.2) is 17.3 Å². The van der Waals surface area contributed by atoms with E-state index < -0.39 is 11.6 Å². The van der Waals surface area contributed by atoms with E-state index in [9.17, 15) is 9.18 Å². The van der Waals surface area contributed by atoms with Gasteiger partial charge in [0.1, 0.15) is 0 Å². The molecule has 98 valence electrons. The maximum Gasteiger partial charge on any atom is 0.196 e. The largest absolute Gasteiger partial charge is 0.494 e.